The molecule has 0 spiro atoms. The average molecular weight is 346 g/mol. The van der Waals surface area contributed by atoms with Crippen molar-refractivity contribution in [3.8, 4) is 5.75 Å². The van der Waals surface area contributed by atoms with E-state index in [9.17, 15) is 9.59 Å². The molecular formula is C20H26O5. The number of carboxylic acids is 1. The summed E-state index contributed by atoms with van der Waals surface area (Å²) in [6.07, 6.45) is 8.74. The number of ether oxygens (including phenoxy) is 2. The summed E-state index contributed by atoms with van der Waals surface area (Å²) in [6, 6.07) is 6.84. The van der Waals surface area contributed by atoms with Crippen molar-refractivity contribution in [2.75, 3.05) is 13.7 Å². The van der Waals surface area contributed by atoms with E-state index in [1.165, 1.54) is 12.5 Å². The fourth-order valence-electron chi connectivity index (χ4n) is 3.22. The van der Waals surface area contributed by atoms with E-state index in [2.05, 4.69) is 0 Å². The quantitative estimate of drug-likeness (QED) is 0.334. The molecule has 1 aromatic carbocycles. The van der Waals surface area contributed by atoms with Crippen LogP contribution in [0, 0.1) is 11.8 Å². The minimum absolute atomic E-state index is 0.0229. The van der Waals surface area contributed by atoms with Crippen molar-refractivity contribution in [2.24, 2.45) is 11.8 Å². The highest BCUT2D eigenvalue weighted by Gasteiger charge is 2.27. The summed E-state index contributed by atoms with van der Waals surface area (Å²) in [5.41, 5.74) is 0.749. The zero-order valence-corrected chi connectivity index (χ0v) is 14.6. The van der Waals surface area contributed by atoms with Gasteiger partial charge in [-0.2, -0.15) is 0 Å². The molecule has 0 heterocycles. The highest BCUT2D eigenvalue weighted by Crippen LogP contribution is 2.32. The van der Waals surface area contributed by atoms with Crippen molar-refractivity contribution >= 4 is 18.0 Å². The Morgan fingerprint density at radius 1 is 1.16 bits per heavy atom. The summed E-state index contributed by atoms with van der Waals surface area (Å²) in [4.78, 5) is 22.8. The van der Waals surface area contributed by atoms with Gasteiger partial charge in [-0.25, -0.2) is 4.79 Å². The molecule has 1 aliphatic carbocycles. The molecule has 0 radical (unpaired) electrons. The Hall–Kier alpha value is -2.14. The van der Waals surface area contributed by atoms with Crippen molar-refractivity contribution in [1.29, 1.82) is 0 Å². The fraction of sp³-hybridized carbons (Fsp3) is 0.500. The molecule has 1 saturated carbocycles. The molecule has 0 aliphatic heterocycles. The first-order chi connectivity index (χ1) is 12.1. The van der Waals surface area contributed by atoms with E-state index in [-0.39, 0.29) is 11.9 Å². The number of esters is 1. The Balaban J connectivity index is 1.77. The number of methoxy groups -OCH3 is 1. The third-order valence-electron chi connectivity index (χ3n) is 4.66. The second-order valence-electron chi connectivity index (χ2n) is 6.51. The van der Waals surface area contributed by atoms with Gasteiger partial charge in [0.1, 0.15) is 5.75 Å². The summed E-state index contributed by atoms with van der Waals surface area (Å²) >= 11 is 0. The monoisotopic (exact) mass is 346 g/mol. The summed E-state index contributed by atoms with van der Waals surface area (Å²) in [5, 5.41) is 8.61. The number of hydrogen-bond donors (Lipinski definition) is 1. The van der Waals surface area contributed by atoms with Crippen molar-refractivity contribution < 1.29 is 24.2 Å². The number of aliphatic carboxylic acids is 1. The van der Waals surface area contributed by atoms with Crippen LogP contribution in [0.4, 0.5) is 0 Å². The van der Waals surface area contributed by atoms with Gasteiger partial charge in [0.2, 0.25) is 0 Å². The third kappa shape index (κ3) is 6.70. The molecule has 136 valence electrons. The van der Waals surface area contributed by atoms with E-state index in [0.717, 1.165) is 50.4 Å². The highest BCUT2D eigenvalue weighted by atomic mass is 16.5. The van der Waals surface area contributed by atoms with Gasteiger partial charge in [0.25, 0.3) is 0 Å². The SMILES string of the molecule is COCCCC1CCC(C(=O)Oc2ccc(/C=C/C(=O)O)cc2)CC1. The molecule has 1 aliphatic rings. The number of benzene rings is 1. The molecule has 2 rings (SSSR count). The lowest BCUT2D eigenvalue weighted by atomic mass is 9.80. The van der Waals surface area contributed by atoms with Gasteiger partial charge in [0.15, 0.2) is 0 Å². The molecule has 0 saturated heterocycles. The van der Waals surface area contributed by atoms with Gasteiger partial charge < -0.3 is 14.6 Å². The van der Waals surface area contributed by atoms with Crippen molar-refractivity contribution in [3.05, 3.63) is 35.9 Å². The lowest BCUT2D eigenvalue weighted by molar-refractivity contribution is -0.140. The van der Waals surface area contributed by atoms with Crippen LogP contribution in [-0.2, 0) is 14.3 Å². The predicted octanol–water partition coefficient (Wildman–Crippen LogP) is 3.92. The van der Waals surface area contributed by atoms with E-state index in [4.69, 9.17) is 14.6 Å². The van der Waals surface area contributed by atoms with Crippen LogP contribution in [0.25, 0.3) is 6.08 Å². The zero-order valence-electron chi connectivity index (χ0n) is 14.6. The summed E-state index contributed by atoms with van der Waals surface area (Å²) < 4.78 is 10.6. The summed E-state index contributed by atoms with van der Waals surface area (Å²) in [7, 11) is 1.72. The Kier molecular flexibility index (Phi) is 7.67. The van der Waals surface area contributed by atoms with Crippen LogP contribution >= 0.6 is 0 Å². The first-order valence-corrected chi connectivity index (χ1v) is 8.80. The minimum Gasteiger partial charge on any atom is -0.478 e. The largest absolute Gasteiger partial charge is 0.478 e. The molecular weight excluding hydrogens is 320 g/mol. The van der Waals surface area contributed by atoms with Crippen LogP contribution in [0.15, 0.2) is 30.3 Å². The molecule has 5 heteroatoms. The lowest BCUT2D eigenvalue weighted by Crippen LogP contribution is -2.25. The number of hydrogen-bond acceptors (Lipinski definition) is 4. The topological polar surface area (TPSA) is 72.8 Å². The van der Waals surface area contributed by atoms with Gasteiger partial charge in [-0.1, -0.05) is 12.1 Å². The maximum atomic E-state index is 12.3. The molecule has 25 heavy (non-hydrogen) atoms. The van der Waals surface area contributed by atoms with E-state index < -0.39 is 5.97 Å². The minimum atomic E-state index is -0.992. The maximum absolute atomic E-state index is 12.3. The van der Waals surface area contributed by atoms with E-state index in [1.807, 2.05) is 0 Å². The standard InChI is InChI=1S/C20H26O5/c1-24-14-2-3-15-4-9-17(10-5-15)20(23)25-18-11-6-16(7-12-18)8-13-19(21)22/h6-8,11-13,15,17H,2-5,9-10,14H2,1H3,(H,21,22)/b13-8+. The van der Waals surface area contributed by atoms with Crippen LogP contribution in [0.1, 0.15) is 44.1 Å². The number of carbonyl (C=O) groups is 2. The lowest BCUT2D eigenvalue weighted by Gasteiger charge is -2.27. The molecule has 5 nitrogen and oxygen atoms in total. The Morgan fingerprint density at radius 3 is 2.44 bits per heavy atom. The third-order valence-corrected chi connectivity index (χ3v) is 4.66. The van der Waals surface area contributed by atoms with Gasteiger partial charge in [0.05, 0.1) is 5.92 Å². The maximum Gasteiger partial charge on any atom is 0.328 e. The van der Waals surface area contributed by atoms with Gasteiger partial charge in [0, 0.05) is 19.8 Å². The second kappa shape index (κ2) is 9.99. The molecule has 1 N–H and O–H groups in total. The van der Waals surface area contributed by atoms with Crippen LogP contribution in [0.2, 0.25) is 0 Å². The van der Waals surface area contributed by atoms with Gasteiger partial charge in [-0.05, 0) is 68.2 Å². The molecule has 0 aromatic heterocycles. The summed E-state index contributed by atoms with van der Waals surface area (Å²) in [6.45, 7) is 0.805. The second-order valence-corrected chi connectivity index (χ2v) is 6.51. The van der Waals surface area contributed by atoms with Crippen molar-refractivity contribution in [1.82, 2.24) is 0 Å². The van der Waals surface area contributed by atoms with Crippen LogP contribution < -0.4 is 4.74 Å². The first-order valence-electron chi connectivity index (χ1n) is 8.80. The van der Waals surface area contributed by atoms with E-state index >= 15 is 0 Å². The van der Waals surface area contributed by atoms with Gasteiger partial charge in [-0.15, -0.1) is 0 Å². The van der Waals surface area contributed by atoms with Crippen LogP contribution in [-0.4, -0.2) is 30.8 Å². The van der Waals surface area contributed by atoms with Crippen LogP contribution in [0.3, 0.4) is 0 Å². The van der Waals surface area contributed by atoms with Gasteiger partial charge in [-0.3, -0.25) is 4.79 Å². The predicted molar refractivity (Wildman–Crippen MR) is 95.3 cm³/mol. The molecule has 0 bridgehead atoms. The Bertz CT molecular complexity index is 583. The molecule has 0 amide bonds. The highest BCUT2D eigenvalue weighted by molar-refractivity contribution is 5.85. The number of carbonyl (C=O) groups excluding carboxylic acids is 1. The van der Waals surface area contributed by atoms with Crippen molar-refractivity contribution in [2.45, 2.75) is 38.5 Å². The number of rotatable bonds is 8. The average Bonchev–Trinajstić information content (AvgIpc) is 2.62. The Labute approximate surface area is 148 Å². The van der Waals surface area contributed by atoms with E-state index in [1.54, 1.807) is 31.4 Å². The van der Waals surface area contributed by atoms with Gasteiger partial charge >= 0.3 is 11.9 Å². The molecule has 0 atom stereocenters. The Morgan fingerprint density at radius 2 is 1.84 bits per heavy atom. The zero-order chi connectivity index (χ0) is 18.1. The molecule has 1 aromatic rings. The normalized spacial score (nSPS) is 20.5. The van der Waals surface area contributed by atoms with E-state index in [0.29, 0.717) is 11.7 Å². The first kappa shape index (κ1) is 19.2. The smallest absolute Gasteiger partial charge is 0.328 e. The number of carboxylic acid groups (broad SMARTS) is 1. The van der Waals surface area contributed by atoms with Crippen LogP contribution in [0.5, 0.6) is 5.75 Å². The fourth-order valence-corrected chi connectivity index (χ4v) is 3.22. The molecule has 1 fully saturated rings. The molecule has 0 unspecified atom stereocenters. The van der Waals surface area contributed by atoms with Crippen molar-refractivity contribution in [3.63, 3.8) is 0 Å². The summed E-state index contributed by atoms with van der Waals surface area (Å²) in [5.74, 6) is 0.0157.